The summed E-state index contributed by atoms with van der Waals surface area (Å²) in [5.41, 5.74) is 2.92. The molecular formula is C22H24N4O2. The third-order valence-corrected chi connectivity index (χ3v) is 4.99. The van der Waals surface area contributed by atoms with Crippen LogP contribution in [0.15, 0.2) is 59.3 Å². The van der Waals surface area contributed by atoms with Crippen LogP contribution < -0.4 is 5.32 Å². The van der Waals surface area contributed by atoms with Gasteiger partial charge in [-0.1, -0.05) is 30.3 Å². The van der Waals surface area contributed by atoms with Gasteiger partial charge in [-0.05, 0) is 37.1 Å². The number of benzene rings is 1. The van der Waals surface area contributed by atoms with E-state index in [4.69, 9.17) is 4.42 Å². The van der Waals surface area contributed by atoms with Gasteiger partial charge < -0.3 is 14.6 Å². The van der Waals surface area contributed by atoms with Crippen LogP contribution in [-0.4, -0.2) is 40.4 Å². The Morgan fingerprint density at radius 2 is 1.96 bits per heavy atom. The zero-order valence-electron chi connectivity index (χ0n) is 15.8. The molecule has 1 amide bonds. The van der Waals surface area contributed by atoms with Crippen molar-refractivity contribution in [2.24, 2.45) is 0 Å². The topological polar surface area (TPSA) is 71.3 Å². The Kier molecular flexibility index (Phi) is 5.77. The minimum absolute atomic E-state index is 0.131. The molecule has 2 aromatic heterocycles. The molecule has 4 rings (SSSR count). The molecule has 1 N–H and O–H groups in total. The molecular weight excluding hydrogens is 352 g/mol. The predicted octanol–water partition coefficient (Wildman–Crippen LogP) is 3.36. The standard InChI is InChI=1S/C22H24N4O2/c27-21(24-18-9-4-12-23-16-18)22-25-19-10-14-26(15-11-20(19)28-22)13-5-8-17-6-2-1-3-7-17/h1-4,6-7,9,12,16H,5,8,10-11,13-15H2,(H,24,27). The van der Waals surface area contributed by atoms with Gasteiger partial charge in [0.05, 0.1) is 17.6 Å². The molecule has 0 unspecified atom stereocenters. The second-order valence-corrected chi connectivity index (χ2v) is 7.02. The van der Waals surface area contributed by atoms with Gasteiger partial charge in [0.15, 0.2) is 0 Å². The number of aromatic nitrogens is 2. The third-order valence-electron chi connectivity index (χ3n) is 4.99. The summed E-state index contributed by atoms with van der Waals surface area (Å²) in [4.78, 5) is 23.2. The lowest BCUT2D eigenvalue weighted by Crippen LogP contribution is -2.28. The molecule has 6 nitrogen and oxygen atoms in total. The normalized spacial score (nSPS) is 14.3. The molecule has 0 saturated heterocycles. The van der Waals surface area contributed by atoms with Crippen LogP contribution in [0.4, 0.5) is 5.69 Å². The molecule has 0 radical (unpaired) electrons. The molecule has 0 fully saturated rings. The van der Waals surface area contributed by atoms with Gasteiger partial charge in [-0.15, -0.1) is 0 Å². The van der Waals surface area contributed by atoms with Crippen molar-refractivity contribution in [2.75, 3.05) is 25.0 Å². The van der Waals surface area contributed by atoms with Crippen molar-refractivity contribution in [3.63, 3.8) is 0 Å². The monoisotopic (exact) mass is 376 g/mol. The number of nitrogens with one attached hydrogen (secondary N) is 1. The second kappa shape index (κ2) is 8.80. The highest BCUT2D eigenvalue weighted by atomic mass is 16.4. The Labute approximate surface area is 164 Å². The van der Waals surface area contributed by atoms with Crippen LogP contribution >= 0.6 is 0 Å². The lowest BCUT2D eigenvalue weighted by atomic mass is 10.1. The van der Waals surface area contributed by atoms with E-state index in [1.165, 1.54) is 5.56 Å². The quantitative estimate of drug-likeness (QED) is 0.714. The van der Waals surface area contributed by atoms with Gasteiger partial charge >= 0.3 is 5.91 Å². The molecule has 3 aromatic rings. The highest BCUT2D eigenvalue weighted by Gasteiger charge is 2.22. The first kappa shape index (κ1) is 18.4. The zero-order chi connectivity index (χ0) is 19.2. The molecule has 1 aliphatic heterocycles. The van der Waals surface area contributed by atoms with E-state index in [1.54, 1.807) is 24.5 Å². The number of nitrogens with zero attached hydrogens (tertiary/aromatic N) is 3. The van der Waals surface area contributed by atoms with Crippen LogP contribution in [0.5, 0.6) is 0 Å². The fraction of sp³-hybridized carbons (Fsp3) is 0.318. The summed E-state index contributed by atoms with van der Waals surface area (Å²) >= 11 is 0. The summed E-state index contributed by atoms with van der Waals surface area (Å²) in [6.45, 7) is 2.94. The molecule has 0 bridgehead atoms. The first-order valence-corrected chi connectivity index (χ1v) is 9.74. The molecule has 3 heterocycles. The molecule has 6 heteroatoms. The largest absolute Gasteiger partial charge is 0.437 e. The Morgan fingerprint density at radius 1 is 1.11 bits per heavy atom. The van der Waals surface area contributed by atoms with Crippen LogP contribution in [-0.2, 0) is 19.3 Å². The molecule has 144 valence electrons. The van der Waals surface area contributed by atoms with Crippen molar-refractivity contribution >= 4 is 11.6 Å². The number of rotatable bonds is 6. The molecule has 0 saturated carbocycles. The van der Waals surface area contributed by atoms with E-state index in [2.05, 4.69) is 50.5 Å². The van der Waals surface area contributed by atoms with Gasteiger partial charge in [-0.3, -0.25) is 9.78 Å². The smallest absolute Gasteiger partial charge is 0.311 e. The Hall–Kier alpha value is -2.99. The molecule has 28 heavy (non-hydrogen) atoms. The summed E-state index contributed by atoms with van der Waals surface area (Å²) in [5, 5.41) is 2.77. The lowest BCUT2D eigenvalue weighted by molar-refractivity contribution is 0.0988. The number of carbonyl (C=O) groups excluding carboxylic acids is 1. The van der Waals surface area contributed by atoms with Gasteiger partial charge in [0.1, 0.15) is 5.76 Å². The summed E-state index contributed by atoms with van der Waals surface area (Å²) in [6.07, 6.45) is 7.08. The van der Waals surface area contributed by atoms with Crippen molar-refractivity contribution in [2.45, 2.75) is 25.7 Å². The van der Waals surface area contributed by atoms with Gasteiger partial charge in [-0.2, -0.15) is 0 Å². The maximum absolute atomic E-state index is 12.4. The minimum atomic E-state index is -0.333. The number of oxazole rings is 1. The Morgan fingerprint density at radius 3 is 2.79 bits per heavy atom. The molecule has 0 spiro atoms. The maximum atomic E-state index is 12.4. The van der Waals surface area contributed by atoms with Gasteiger partial charge in [0.2, 0.25) is 0 Å². The van der Waals surface area contributed by atoms with Crippen LogP contribution in [0, 0.1) is 0 Å². The number of amides is 1. The van der Waals surface area contributed by atoms with E-state index in [9.17, 15) is 4.79 Å². The van der Waals surface area contributed by atoms with Crippen LogP contribution in [0.3, 0.4) is 0 Å². The summed E-state index contributed by atoms with van der Waals surface area (Å²) < 4.78 is 5.77. The van der Waals surface area contributed by atoms with E-state index in [0.29, 0.717) is 5.69 Å². The number of fused-ring (bicyclic) bond motifs is 1. The molecule has 1 aliphatic rings. The minimum Gasteiger partial charge on any atom is -0.437 e. The highest BCUT2D eigenvalue weighted by molar-refractivity contribution is 6.00. The van der Waals surface area contributed by atoms with Gasteiger partial charge in [-0.25, -0.2) is 4.98 Å². The Bertz CT molecular complexity index is 883. The average molecular weight is 376 g/mol. The first-order chi connectivity index (χ1) is 13.8. The number of pyridine rings is 1. The fourth-order valence-electron chi connectivity index (χ4n) is 3.50. The summed E-state index contributed by atoms with van der Waals surface area (Å²) in [7, 11) is 0. The summed E-state index contributed by atoms with van der Waals surface area (Å²) in [6, 6.07) is 14.1. The molecule has 0 aliphatic carbocycles. The predicted molar refractivity (Wildman–Crippen MR) is 107 cm³/mol. The van der Waals surface area contributed by atoms with Crippen LogP contribution in [0.1, 0.15) is 34.1 Å². The third kappa shape index (κ3) is 4.64. The van der Waals surface area contributed by atoms with Crippen molar-refractivity contribution < 1.29 is 9.21 Å². The van der Waals surface area contributed by atoms with Crippen molar-refractivity contribution in [3.8, 4) is 0 Å². The first-order valence-electron chi connectivity index (χ1n) is 9.74. The fourth-order valence-corrected chi connectivity index (χ4v) is 3.50. The second-order valence-electron chi connectivity index (χ2n) is 7.02. The lowest BCUT2D eigenvalue weighted by Gasteiger charge is -2.19. The average Bonchev–Trinajstić information content (AvgIpc) is 3.05. The van der Waals surface area contributed by atoms with E-state index < -0.39 is 0 Å². The van der Waals surface area contributed by atoms with E-state index in [1.807, 2.05) is 0 Å². The molecule has 0 atom stereocenters. The van der Waals surface area contributed by atoms with Crippen LogP contribution in [0.25, 0.3) is 0 Å². The summed E-state index contributed by atoms with van der Waals surface area (Å²) in [5.74, 6) is 0.633. The number of hydrogen-bond acceptors (Lipinski definition) is 5. The van der Waals surface area contributed by atoms with E-state index >= 15 is 0 Å². The number of aryl methyl sites for hydroxylation is 1. The number of hydrogen-bond donors (Lipinski definition) is 1. The number of carbonyl (C=O) groups is 1. The van der Waals surface area contributed by atoms with E-state index in [0.717, 1.165) is 56.8 Å². The van der Waals surface area contributed by atoms with Gasteiger partial charge in [0, 0.05) is 32.1 Å². The van der Waals surface area contributed by atoms with Crippen molar-refractivity contribution in [3.05, 3.63) is 77.8 Å². The van der Waals surface area contributed by atoms with E-state index in [-0.39, 0.29) is 11.8 Å². The highest BCUT2D eigenvalue weighted by Crippen LogP contribution is 2.18. The zero-order valence-corrected chi connectivity index (χ0v) is 15.8. The Balaban J connectivity index is 1.29. The van der Waals surface area contributed by atoms with Crippen molar-refractivity contribution in [1.82, 2.24) is 14.9 Å². The molecule has 1 aromatic carbocycles. The maximum Gasteiger partial charge on any atom is 0.311 e. The van der Waals surface area contributed by atoms with Crippen molar-refractivity contribution in [1.29, 1.82) is 0 Å². The van der Waals surface area contributed by atoms with Gasteiger partial charge in [0.25, 0.3) is 5.89 Å². The SMILES string of the molecule is O=C(Nc1cccnc1)c1nc2c(o1)CCN(CCCc1ccccc1)CC2. The number of anilines is 1. The van der Waals surface area contributed by atoms with Crippen LogP contribution in [0.2, 0.25) is 0 Å².